The molecule has 3 heteroatoms. The molecule has 3 N–H and O–H groups in total. The summed E-state index contributed by atoms with van der Waals surface area (Å²) in [5, 5.41) is 3.65. The zero-order valence-corrected chi connectivity index (χ0v) is 10.4. The van der Waals surface area contributed by atoms with Gasteiger partial charge in [-0.2, -0.15) is 0 Å². The van der Waals surface area contributed by atoms with E-state index >= 15 is 0 Å². The summed E-state index contributed by atoms with van der Waals surface area (Å²) in [5.41, 5.74) is 5.92. The van der Waals surface area contributed by atoms with Crippen LogP contribution >= 0.6 is 0 Å². The fourth-order valence-electron chi connectivity index (χ4n) is 2.28. The Labute approximate surface area is 93.8 Å². The van der Waals surface area contributed by atoms with E-state index in [1.807, 2.05) is 0 Å². The molecular weight excluding hydrogens is 188 g/mol. The van der Waals surface area contributed by atoms with E-state index in [9.17, 15) is 0 Å². The lowest BCUT2D eigenvalue weighted by Crippen LogP contribution is -2.57. The maximum atomic E-state index is 5.89. The predicted molar refractivity (Wildman–Crippen MR) is 63.9 cm³/mol. The monoisotopic (exact) mass is 214 g/mol. The Bertz CT molecular complexity index is 182. The molecule has 0 radical (unpaired) electrons. The van der Waals surface area contributed by atoms with Crippen molar-refractivity contribution in [3.63, 3.8) is 0 Å². The Balaban J connectivity index is 2.46. The Hall–Kier alpha value is -0.120. The number of rotatable bonds is 6. The first kappa shape index (κ1) is 12.9. The Morgan fingerprint density at radius 1 is 1.47 bits per heavy atom. The van der Waals surface area contributed by atoms with Crippen molar-refractivity contribution in [3.8, 4) is 0 Å². The van der Waals surface area contributed by atoms with Gasteiger partial charge in [0.15, 0.2) is 0 Å². The van der Waals surface area contributed by atoms with Crippen molar-refractivity contribution < 1.29 is 4.74 Å². The zero-order chi connectivity index (χ0) is 11.3. The Morgan fingerprint density at radius 3 is 2.53 bits per heavy atom. The van der Waals surface area contributed by atoms with Gasteiger partial charge in [-0.1, -0.05) is 26.7 Å². The SMILES string of the molecule is CCC(CC)CNC1(CN)CCOC1C. The van der Waals surface area contributed by atoms with Gasteiger partial charge < -0.3 is 15.8 Å². The zero-order valence-electron chi connectivity index (χ0n) is 10.4. The molecule has 1 fully saturated rings. The minimum absolute atomic E-state index is 0.0303. The molecule has 1 aliphatic heterocycles. The second kappa shape index (κ2) is 5.83. The van der Waals surface area contributed by atoms with Crippen LogP contribution in [0.4, 0.5) is 0 Å². The summed E-state index contributed by atoms with van der Waals surface area (Å²) in [4.78, 5) is 0. The molecule has 0 aliphatic carbocycles. The highest BCUT2D eigenvalue weighted by Crippen LogP contribution is 2.25. The standard InChI is InChI=1S/C12H26N2O/c1-4-11(5-2)8-14-12(9-13)6-7-15-10(12)3/h10-11,14H,4-9,13H2,1-3H3. The molecule has 0 saturated carbocycles. The topological polar surface area (TPSA) is 47.3 Å². The van der Waals surface area contributed by atoms with Crippen molar-refractivity contribution in [2.75, 3.05) is 19.7 Å². The number of nitrogens with two attached hydrogens (primary N) is 1. The summed E-state index contributed by atoms with van der Waals surface area (Å²) in [7, 11) is 0. The van der Waals surface area contributed by atoms with E-state index in [1.165, 1.54) is 12.8 Å². The van der Waals surface area contributed by atoms with E-state index in [-0.39, 0.29) is 11.6 Å². The largest absolute Gasteiger partial charge is 0.376 e. The van der Waals surface area contributed by atoms with Gasteiger partial charge in [0.1, 0.15) is 0 Å². The molecule has 2 unspecified atom stereocenters. The van der Waals surface area contributed by atoms with Crippen molar-refractivity contribution >= 4 is 0 Å². The van der Waals surface area contributed by atoms with Crippen LogP contribution in [0.5, 0.6) is 0 Å². The fourth-order valence-corrected chi connectivity index (χ4v) is 2.28. The summed E-state index contributed by atoms with van der Waals surface area (Å²) >= 11 is 0. The van der Waals surface area contributed by atoms with Gasteiger partial charge >= 0.3 is 0 Å². The Morgan fingerprint density at radius 2 is 2.13 bits per heavy atom. The second-order valence-corrected chi connectivity index (χ2v) is 4.69. The third-order valence-corrected chi connectivity index (χ3v) is 3.96. The molecule has 0 amide bonds. The summed E-state index contributed by atoms with van der Waals surface area (Å²) < 4.78 is 5.62. The highest BCUT2D eigenvalue weighted by atomic mass is 16.5. The minimum atomic E-state index is 0.0303. The van der Waals surface area contributed by atoms with Crippen LogP contribution in [-0.4, -0.2) is 31.3 Å². The molecule has 15 heavy (non-hydrogen) atoms. The highest BCUT2D eigenvalue weighted by molar-refractivity contribution is 4.98. The fraction of sp³-hybridized carbons (Fsp3) is 1.00. The molecule has 3 nitrogen and oxygen atoms in total. The van der Waals surface area contributed by atoms with E-state index in [0.717, 1.165) is 25.5 Å². The van der Waals surface area contributed by atoms with Gasteiger partial charge in [-0.3, -0.25) is 0 Å². The van der Waals surface area contributed by atoms with Gasteiger partial charge in [-0.15, -0.1) is 0 Å². The van der Waals surface area contributed by atoms with E-state index < -0.39 is 0 Å². The number of hydrogen-bond donors (Lipinski definition) is 2. The van der Waals surface area contributed by atoms with Gasteiger partial charge in [-0.05, 0) is 25.8 Å². The summed E-state index contributed by atoms with van der Waals surface area (Å²) in [6.45, 7) is 9.21. The minimum Gasteiger partial charge on any atom is -0.376 e. The van der Waals surface area contributed by atoms with Crippen LogP contribution in [-0.2, 0) is 4.74 Å². The third-order valence-electron chi connectivity index (χ3n) is 3.96. The highest BCUT2D eigenvalue weighted by Gasteiger charge is 2.39. The van der Waals surface area contributed by atoms with Crippen LogP contribution in [0, 0.1) is 5.92 Å². The van der Waals surface area contributed by atoms with Crippen molar-refractivity contribution in [3.05, 3.63) is 0 Å². The van der Waals surface area contributed by atoms with Gasteiger partial charge in [0.05, 0.1) is 11.6 Å². The lowest BCUT2D eigenvalue weighted by Gasteiger charge is -2.33. The average Bonchev–Trinajstić information content (AvgIpc) is 2.62. The van der Waals surface area contributed by atoms with Gasteiger partial charge in [0.25, 0.3) is 0 Å². The van der Waals surface area contributed by atoms with Crippen LogP contribution in [0.3, 0.4) is 0 Å². The lowest BCUT2D eigenvalue weighted by atomic mass is 9.90. The molecule has 1 saturated heterocycles. The van der Waals surface area contributed by atoms with Gasteiger partial charge in [-0.25, -0.2) is 0 Å². The van der Waals surface area contributed by atoms with Crippen molar-refractivity contribution in [2.45, 2.75) is 51.7 Å². The van der Waals surface area contributed by atoms with Crippen molar-refractivity contribution in [1.29, 1.82) is 0 Å². The summed E-state index contributed by atoms with van der Waals surface area (Å²) in [6, 6.07) is 0. The molecule has 0 bridgehead atoms. The van der Waals surface area contributed by atoms with Crippen LogP contribution in [0.15, 0.2) is 0 Å². The molecule has 1 rings (SSSR count). The molecule has 1 heterocycles. The van der Waals surface area contributed by atoms with E-state index in [0.29, 0.717) is 6.54 Å². The van der Waals surface area contributed by atoms with E-state index in [4.69, 9.17) is 10.5 Å². The summed E-state index contributed by atoms with van der Waals surface area (Å²) in [5.74, 6) is 0.765. The average molecular weight is 214 g/mol. The smallest absolute Gasteiger partial charge is 0.0741 e. The molecule has 2 atom stereocenters. The van der Waals surface area contributed by atoms with E-state index in [2.05, 4.69) is 26.1 Å². The maximum Gasteiger partial charge on any atom is 0.0741 e. The lowest BCUT2D eigenvalue weighted by molar-refractivity contribution is 0.0835. The number of ether oxygens (including phenoxy) is 1. The van der Waals surface area contributed by atoms with Crippen LogP contribution < -0.4 is 11.1 Å². The van der Waals surface area contributed by atoms with Crippen LogP contribution in [0.25, 0.3) is 0 Å². The normalized spacial score (nSPS) is 31.4. The first-order valence-corrected chi connectivity index (χ1v) is 6.25. The van der Waals surface area contributed by atoms with Gasteiger partial charge in [0.2, 0.25) is 0 Å². The van der Waals surface area contributed by atoms with Crippen molar-refractivity contribution in [1.82, 2.24) is 5.32 Å². The number of nitrogens with one attached hydrogen (secondary N) is 1. The predicted octanol–water partition coefficient (Wildman–Crippen LogP) is 1.52. The van der Waals surface area contributed by atoms with Gasteiger partial charge in [0, 0.05) is 13.2 Å². The maximum absolute atomic E-state index is 5.89. The molecule has 90 valence electrons. The van der Waals surface area contributed by atoms with Crippen molar-refractivity contribution in [2.24, 2.45) is 11.7 Å². The van der Waals surface area contributed by atoms with E-state index in [1.54, 1.807) is 0 Å². The second-order valence-electron chi connectivity index (χ2n) is 4.69. The molecule has 0 aromatic carbocycles. The third kappa shape index (κ3) is 2.92. The first-order chi connectivity index (χ1) is 7.18. The molecular formula is C12H26N2O. The summed E-state index contributed by atoms with van der Waals surface area (Å²) in [6.07, 6.45) is 3.76. The molecule has 0 aromatic heterocycles. The quantitative estimate of drug-likeness (QED) is 0.705. The molecule has 1 aliphatic rings. The molecule has 0 spiro atoms. The van der Waals surface area contributed by atoms with Crippen LogP contribution in [0.1, 0.15) is 40.0 Å². The molecule has 0 aromatic rings. The Kier molecular flexibility index (Phi) is 5.03. The van der Waals surface area contributed by atoms with Crippen LogP contribution in [0.2, 0.25) is 0 Å². The first-order valence-electron chi connectivity index (χ1n) is 6.25. The number of hydrogen-bond acceptors (Lipinski definition) is 3.